The molecule has 1 aliphatic heterocycles. The zero-order chi connectivity index (χ0) is 11.5. The third kappa shape index (κ3) is 2.28. The maximum absolute atomic E-state index is 8.77. The van der Waals surface area contributed by atoms with Gasteiger partial charge in [-0.2, -0.15) is 5.26 Å². The summed E-state index contributed by atoms with van der Waals surface area (Å²) in [4.78, 5) is 6.51. The molecule has 0 aliphatic carbocycles. The Morgan fingerprint density at radius 3 is 3.00 bits per heavy atom. The summed E-state index contributed by atoms with van der Waals surface area (Å²) in [5, 5.41) is 9.08. The van der Waals surface area contributed by atoms with Gasteiger partial charge in [0.05, 0.1) is 5.56 Å². The van der Waals surface area contributed by atoms with E-state index in [1.165, 1.54) is 12.8 Å². The highest BCUT2D eigenvalue weighted by Crippen LogP contribution is 2.23. The predicted octanol–water partition coefficient (Wildman–Crippen LogP) is 2.84. The van der Waals surface area contributed by atoms with Gasteiger partial charge in [-0.25, -0.2) is 4.98 Å². The van der Waals surface area contributed by atoms with Crippen LogP contribution in [-0.2, 0) is 0 Å². The van der Waals surface area contributed by atoms with Gasteiger partial charge in [0.15, 0.2) is 0 Å². The van der Waals surface area contributed by atoms with E-state index in [0.29, 0.717) is 16.6 Å². The van der Waals surface area contributed by atoms with Gasteiger partial charge in [0.25, 0.3) is 0 Å². The van der Waals surface area contributed by atoms with Gasteiger partial charge in [0.2, 0.25) is 0 Å². The second-order valence-corrected chi connectivity index (χ2v) is 4.67. The minimum absolute atomic E-state index is 0.304. The first-order chi connectivity index (χ1) is 7.70. The molecule has 1 aromatic heterocycles. The maximum Gasteiger partial charge on any atom is 0.149 e. The zero-order valence-corrected chi connectivity index (χ0v) is 10.0. The van der Waals surface area contributed by atoms with Crippen LogP contribution in [0.3, 0.4) is 0 Å². The molecule has 4 heteroatoms. The largest absolute Gasteiger partial charge is 0.356 e. The highest BCUT2D eigenvalue weighted by atomic mass is 35.5. The molecular weight excluding hydrogens is 222 g/mol. The quantitative estimate of drug-likeness (QED) is 0.703. The topological polar surface area (TPSA) is 39.9 Å². The Morgan fingerprint density at radius 1 is 1.56 bits per heavy atom. The summed E-state index contributed by atoms with van der Waals surface area (Å²) in [6, 6.07) is 5.64. The molecule has 0 bridgehead atoms. The molecule has 0 radical (unpaired) electrons. The first kappa shape index (κ1) is 11.2. The number of nitriles is 1. The number of rotatable bonds is 1. The van der Waals surface area contributed by atoms with E-state index in [0.717, 1.165) is 18.9 Å². The molecule has 16 heavy (non-hydrogen) atoms. The summed E-state index contributed by atoms with van der Waals surface area (Å²) in [6.07, 6.45) is 2.47. The summed E-state index contributed by atoms with van der Waals surface area (Å²) in [7, 11) is 0. The Kier molecular flexibility index (Phi) is 3.31. The average molecular weight is 236 g/mol. The van der Waals surface area contributed by atoms with Crippen molar-refractivity contribution in [2.45, 2.75) is 19.8 Å². The molecule has 0 N–H and O–H groups in total. The Morgan fingerprint density at radius 2 is 2.38 bits per heavy atom. The van der Waals surface area contributed by atoms with Crippen LogP contribution in [0.4, 0.5) is 5.82 Å². The molecule has 1 unspecified atom stereocenters. The highest BCUT2D eigenvalue weighted by molar-refractivity contribution is 6.30. The fraction of sp³-hybridized carbons (Fsp3) is 0.500. The van der Waals surface area contributed by atoms with Crippen LogP contribution in [0.25, 0.3) is 0 Å². The second-order valence-electron chi connectivity index (χ2n) is 4.31. The van der Waals surface area contributed by atoms with Crippen molar-refractivity contribution in [1.29, 1.82) is 5.26 Å². The van der Waals surface area contributed by atoms with Gasteiger partial charge in [-0.3, -0.25) is 0 Å². The number of pyridine rings is 1. The molecule has 1 atom stereocenters. The minimum atomic E-state index is 0.304. The van der Waals surface area contributed by atoms with Gasteiger partial charge in [-0.1, -0.05) is 18.5 Å². The number of halogens is 1. The summed E-state index contributed by atoms with van der Waals surface area (Å²) in [5.74, 6) is 1.58. The molecule has 1 fully saturated rings. The first-order valence-electron chi connectivity index (χ1n) is 5.52. The number of hydrogen-bond acceptors (Lipinski definition) is 3. The van der Waals surface area contributed by atoms with Gasteiger partial charge < -0.3 is 4.90 Å². The summed E-state index contributed by atoms with van der Waals surface area (Å²) in [5.41, 5.74) is 0.440. The Balaban J connectivity index is 2.21. The van der Waals surface area contributed by atoms with Crippen LogP contribution in [-0.4, -0.2) is 18.1 Å². The monoisotopic (exact) mass is 235 g/mol. The molecule has 84 valence electrons. The maximum atomic E-state index is 8.77. The Labute approximate surface area is 101 Å². The molecule has 1 aromatic rings. The van der Waals surface area contributed by atoms with Crippen LogP contribution in [0.15, 0.2) is 12.1 Å². The van der Waals surface area contributed by atoms with Crippen molar-refractivity contribution in [1.82, 2.24) is 4.98 Å². The summed E-state index contributed by atoms with van der Waals surface area (Å²) >= 11 is 5.92. The summed E-state index contributed by atoms with van der Waals surface area (Å²) in [6.45, 7) is 4.30. The van der Waals surface area contributed by atoms with Gasteiger partial charge in [0, 0.05) is 13.1 Å². The lowest BCUT2D eigenvalue weighted by Crippen LogP contribution is -2.34. The lowest BCUT2D eigenvalue weighted by atomic mass is 10.0. The second kappa shape index (κ2) is 4.71. The molecule has 2 rings (SSSR count). The van der Waals surface area contributed by atoms with E-state index in [-0.39, 0.29) is 0 Å². The molecule has 0 spiro atoms. The molecule has 1 aliphatic rings. The van der Waals surface area contributed by atoms with Crippen molar-refractivity contribution in [2.24, 2.45) is 5.92 Å². The smallest absolute Gasteiger partial charge is 0.149 e. The minimum Gasteiger partial charge on any atom is -0.356 e. The summed E-state index contributed by atoms with van der Waals surface area (Å²) < 4.78 is 0. The SMILES string of the molecule is CC1CCCN(c2ccc(C#N)c(Cl)n2)C1. The van der Waals surface area contributed by atoms with Crippen LogP contribution in [0.1, 0.15) is 25.3 Å². The van der Waals surface area contributed by atoms with Crippen molar-refractivity contribution >= 4 is 17.4 Å². The zero-order valence-electron chi connectivity index (χ0n) is 9.28. The lowest BCUT2D eigenvalue weighted by molar-refractivity contribution is 0.444. The van der Waals surface area contributed by atoms with Crippen molar-refractivity contribution in [3.63, 3.8) is 0 Å². The fourth-order valence-corrected chi connectivity index (χ4v) is 2.27. The normalized spacial score (nSPS) is 20.6. The highest BCUT2D eigenvalue weighted by Gasteiger charge is 2.18. The number of aromatic nitrogens is 1. The van der Waals surface area contributed by atoms with Crippen molar-refractivity contribution in [3.05, 3.63) is 22.8 Å². The number of piperidine rings is 1. The third-order valence-electron chi connectivity index (χ3n) is 2.94. The molecule has 2 heterocycles. The molecule has 3 nitrogen and oxygen atoms in total. The van der Waals surface area contributed by atoms with Crippen LogP contribution in [0.2, 0.25) is 5.15 Å². The number of anilines is 1. The van der Waals surface area contributed by atoms with E-state index in [9.17, 15) is 0 Å². The van der Waals surface area contributed by atoms with E-state index in [2.05, 4.69) is 16.8 Å². The Hall–Kier alpha value is -1.27. The third-order valence-corrected chi connectivity index (χ3v) is 3.22. The first-order valence-corrected chi connectivity index (χ1v) is 5.90. The van der Waals surface area contributed by atoms with Crippen molar-refractivity contribution < 1.29 is 0 Å². The van der Waals surface area contributed by atoms with Crippen molar-refractivity contribution in [2.75, 3.05) is 18.0 Å². The fourth-order valence-electron chi connectivity index (χ4n) is 2.08. The molecule has 0 saturated carbocycles. The van der Waals surface area contributed by atoms with Gasteiger partial charge in [-0.05, 0) is 30.9 Å². The van der Waals surface area contributed by atoms with Crippen LogP contribution < -0.4 is 4.90 Å². The molecular formula is C12H14ClN3. The molecule has 1 saturated heterocycles. The van der Waals surface area contributed by atoms with Crippen LogP contribution >= 0.6 is 11.6 Å². The van der Waals surface area contributed by atoms with Crippen LogP contribution in [0.5, 0.6) is 0 Å². The Bertz CT molecular complexity index is 425. The lowest BCUT2D eigenvalue weighted by Gasteiger charge is -2.31. The van der Waals surface area contributed by atoms with Gasteiger partial charge in [0.1, 0.15) is 17.0 Å². The van der Waals surface area contributed by atoms with E-state index in [4.69, 9.17) is 16.9 Å². The van der Waals surface area contributed by atoms with Gasteiger partial charge in [-0.15, -0.1) is 0 Å². The number of nitrogens with zero attached hydrogens (tertiary/aromatic N) is 3. The van der Waals surface area contributed by atoms with E-state index in [1.54, 1.807) is 6.07 Å². The van der Waals surface area contributed by atoms with E-state index in [1.807, 2.05) is 12.1 Å². The standard InChI is InChI=1S/C12H14ClN3/c1-9-3-2-6-16(8-9)11-5-4-10(7-14)12(13)15-11/h4-5,9H,2-3,6,8H2,1H3. The molecule has 0 amide bonds. The van der Waals surface area contributed by atoms with Crippen molar-refractivity contribution in [3.8, 4) is 6.07 Å². The molecule has 0 aromatic carbocycles. The number of hydrogen-bond donors (Lipinski definition) is 0. The van der Waals surface area contributed by atoms with Crippen LogP contribution in [0, 0.1) is 17.2 Å². The van der Waals surface area contributed by atoms with E-state index < -0.39 is 0 Å². The van der Waals surface area contributed by atoms with Gasteiger partial charge >= 0.3 is 0 Å². The average Bonchev–Trinajstić information content (AvgIpc) is 2.29. The van der Waals surface area contributed by atoms with E-state index >= 15 is 0 Å². The predicted molar refractivity (Wildman–Crippen MR) is 64.6 cm³/mol.